The van der Waals surface area contributed by atoms with Crippen LogP contribution in [0.1, 0.15) is 37.1 Å². The Balaban J connectivity index is 0.00000280. The molecule has 1 saturated carbocycles. The number of morpholine rings is 1. The number of nitrogens with zero attached hydrogens (tertiary/aromatic N) is 2. The van der Waals surface area contributed by atoms with Crippen LogP contribution in [0.15, 0.2) is 22.5 Å². The Morgan fingerprint density at radius 3 is 2.86 bits per heavy atom. The van der Waals surface area contributed by atoms with E-state index in [4.69, 9.17) is 14.5 Å². The molecule has 3 rings (SSSR count). The van der Waals surface area contributed by atoms with Crippen molar-refractivity contribution in [2.75, 3.05) is 59.2 Å². The summed E-state index contributed by atoms with van der Waals surface area (Å²) in [6.45, 7) is 9.95. The summed E-state index contributed by atoms with van der Waals surface area (Å²) in [5.41, 5.74) is 0. The van der Waals surface area contributed by atoms with E-state index in [-0.39, 0.29) is 24.0 Å². The van der Waals surface area contributed by atoms with Gasteiger partial charge in [0.15, 0.2) is 5.96 Å². The zero-order valence-electron chi connectivity index (χ0n) is 16.9. The molecule has 1 aromatic heterocycles. The Hall–Kier alpha value is -0.420. The van der Waals surface area contributed by atoms with Crippen LogP contribution in [-0.2, 0) is 9.47 Å². The summed E-state index contributed by atoms with van der Waals surface area (Å²) in [6, 6.07) is 4.67. The maximum Gasteiger partial charge on any atom is 0.191 e. The SMILES string of the molecule is CCNC(=NCC(c1cccs1)N1CCOCC1)NCCCOCC1CC1.I. The van der Waals surface area contributed by atoms with Crippen molar-refractivity contribution in [2.24, 2.45) is 10.9 Å². The highest BCUT2D eigenvalue weighted by Gasteiger charge is 2.23. The first-order valence-corrected chi connectivity index (χ1v) is 11.2. The largest absolute Gasteiger partial charge is 0.381 e. The van der Waals surface area contributed by atoms with Crippen molar-refractivity contribution in [1.29, 1.82) is 0 Å². The molecule has 1 atom stereocenters. The van der Waals surface area contributed by atoms with Crippen molar-refractivity contribution in [3.05, 3.63) is 22.4 Å². The third-order valence-electron chi connectivity index (χ3n) is 4.93. The molecule has 6 nitrogen and oxygen atoms in total. The Kier molecular flexibility index (Phi) is 11.7. The van der Waals surface area contributed by atoms with Crippen LogP contribution in [0.25, 0.3) is 0 Å². The molecule has 1 aliphatic heterocycles. The van der Waals surface area contributed by atoms with Crippen LogP contribution in [0.4, 0.5) is 0 Å². The van der Waals surface area contributed by atoms with Crippen LogP contribution in [0, 0.1) is 5.92 Å². The van der Waals surface area contributed by atoms with Gasteiger partial charge in [0.05, 0.1) is 25.8 Å². The van der Waals surface area contributed by atoms with E-state index in [9.17, 15) is 0 Å². The highest BCUT2D eigenvalue weighted by atomic mass is 127. The smallest absolute Gasteiger partial charge is 0.191 e. The van der Waals surface area contributed by atoms with Crippen LogP contribution in [0.3, 0.4) is 0 Å². The molecule has 0 aromatic carbocycles. The predicted octanol–water partition coefficient (Wildman–Crippen LogP) is 3.11. The lowest BCUT2D eigenvalue weighted by molar-refractivity contribution is 0.0186. The molecule has 8 heteroatoms. The minimum absolute atomic E-state index is 0. The topological polar surface area (TPSA) is 58.1 Å². The highest BCUT2D eigenvalue weighted by Crippen LogP contribution is 2.28. The van der Waals surface area contributed by atoms with Gasteiger partial charge in [0.2, 0.25) is 0 Å². The van der Waals surface area contributed by atoms with Gasteiger partial charge in [-0.3, -0.25) is 9.89 Å². The van der Waals surface area contributed by atoms with Gasteiger partial charge in [0.1, 0.15) is 0 Å². The molecule has 2 fully saturated rings. The number of thiophene rings is 1. The van der Waals surface area contributed by atoms with Gasteiger partial charge in [-0.05, 0) is 43.6 Å². The molecule has 1 aromatic rings. The normalized spacial score (nSPS) is 19.1. The van der Waals surface area contributed by atoms with Crippen LogP contribution in [-0.4, -0.2) is 70.0 Å². The van der Waals surface area contributed by atoms with Gasteiger partial charge in [-0.1, -0.05) is 6.07 Å². The van der Waals surface area contributed by atoms with Gasteiger partial charge in [-0.15, -0.1) is 35.3 Å². The van der Waals surface area contributed by atoms with E-state index in [1.807, 2.05) is 11.3 Å². The molecule has 160 valence electrons. The molecule has 1 aliphatic carbocycles. The van der Waals surface area contributed by atoms with E-state index in [0.717, 1.165) is 77.4 Å². The first-order valence-electron chi connectivity index (χ1n) is 10.3. The lowest BCUT2D eigenvalue weighted by Crippen LogP contribution is -2.41. The molecule has 0 radical (unpaired) electrons. The number of ether oxygens (including phenoxy) is 2. The fraction of sp³-hybridized carbons (Fsp3) is 0.750. The van der Waals surface area contributed by atoms with Crippen LogP contribution < -0.4 is 10.6 Å². The van der Waals surface area contributed by atoms with E-state index in [2.05, 4.69) is 40.0 Å². The van der Waals surface area contributed by atoms with Crippen LogP contribution in [0.2, 0.25) is 0 Å². The van der Waals surface area contributed by atoms with Crippen LogP contribution >= 0.6 is 35.3 Å². The molecule has 2 N–H and O–H groups in total. The maximum absolute atomic E-state index is 5.71. The van der Waals surface area contributed by atoms with Crippen molar-refractivity contribution in [1.82, 2.24) is 15.5 Å². The molecular weight excluding hydrogens is 487 g/mol. The van der Waals surface area contributed by atoms with Gasteiger partial charge < -0.3 is 20.1 Å². The Bertz CT molecular complexity index is 548. The number of guanidine groups is 1. The van der Waals surface area contributed by atoms with Gasteiger partial charge >= 0.3 is 0 Å². The molecular formula is C20H35IN4O2S. The molecule has 0 spiro atoms. The Morgan fingerprint density at radius 1 is 1.36 bits per heavy atom. The van der Waals surface area contributed by atoms with E-state index in [0.29, 0.717) is 6.04 Å². The van der Waals surface area contributed by atoms with Crippen LogP contribution in [0.5, 0.6) is 0 Å². The molecule has 0 amide bonds. The summed E-state index contributed by atoms with van der Waals surface area (Å²) in [6.07, 6.45) is 3.71. The van der Waals surface area contributed by atoms with Crippen molar-refractivity contribution in [3.8, 4) is 0 Å². The number of hydrogen-bond donors (Lipinski definition) is 2. The average molecular weight is 522 g/mol. The van der Waals surface area contributed by atoms with E-state index in [1.165, 1.54) is 17.7 Å². The molecule has 1 saturated heterocycles. The summed E-state index contributed by atoms with van der Waals surface area (Å²) >= 11 is 1.81. The minimum Gasteiger partial charge on any atom is -0.381 e. The third kappa shape index (κ3) is 8.52. The zero-order chi connectivity index (χ0) is 18.7. The van der Waals surface area contributed by atoms with E-state index in [1.54, 1.807) is 0 Å². The number of nitrogens with one attached hydrogen (secondary N) is 2. The minimum atomic E-state index is 0. The Morgan fingerprint density at radius 2 is 2.18 bits per heavy atom. The number of rotatable bonds is 11. The third-order valence-corrected chi connectivity index (χ3v) is 5.91. The van der Waals surface area contributed by atoms with E-state index < -0.39 is 0 Å². The van der Waals surface area contributed by atoms with Crippen molar-refractivity contribution >= 4 is 41.3 Å². The fourth-order valence-electron chi connectivity index (χ4n) is 3.19. The fourth-order valence-corrected chi connectivity index (χ4v) is 4.04. The number of hydrogen-bond acceptors (Lipinski definition) is 5. The number of aliphatic imine (C=N–C) groups is 1. The second-order valence-electron chi connectivity index (χ2n) is 7.20. The monoisotopic (exact) mass is 522 g/mol. The second kappa shape index (κ2) is 13.7. The molecule has 28 heavy (non-hydrogen) atoms. The lowest BCUT2D eigenvalue weighted by atomic mass is 10.2. The van der Waals surface area contributed by atoms with Crippen molar-refractivity contribution < 1.29 is 9.47 Å². The zero-order valence-corrected chi connectivity index (χ0v) is 20.0. The second-order valence-corrected chi connectivity index (χ2v) is 8.18. The first-order chi connectivity index (χ1) is 13.4. The molecule has 0 bridgehead atoms. The predicted molar refractivity (Wildman–Crippen MR) is 127 cm³/mol. The van der Waals surface area contributed by atoms with Crippen molar-refractivity contribution in [3.63, 3.8) is 0 Å². The summed E-state index contributed by atoms with van der Waals surface area (Å²) in [5.74, 6) is 1.74. The first kappa shape index (κ1) is 23.9. The van der Waals surface area contributed by atoms with Gasteiger partial charge in [-0.25, -0.2) is 0 Å². The summed E-state index contributed by atoms with van der Waals surface area (Å²) in [7, 11) is 0. The van der Waals surface area contributed by atoms with E-state index >= 15 is 0 Å². The lowest BCUT2D eigenvalue weighted by Gasteiger charge is -2.33. The summed E-state index contributed by atoms with van der Waals surface area (Å²) < 4.78 is 11.2. The summed E-state index contributed by atoms with van der Waals surface area (Å²) in [5, 5.41) is 8.96. The van der Waals surface area contributed by atoms with Gasteiger partial charge in [0.25, 0.3) is 0 Å². The summed E-state index contributed by atoms with van der Waals surface area (Å²) in [4.78, 5) is 8.75. The van der Waals surface area contributed by atoms with Gasteiger partial charge in [-0.2, -0.15) is 0 Å². The highest BCUT2D eigenvalue weighted by molar-refractivity contribution is 14.0. The molecule has 2 heterocycles. The maximum atomic E-state index is 5.71. The Labute approximate surface area is 190 Å². The number of halogens is 1. The van der Waals surface area contributed by atoms with Gasteiger partial charge in [0, 0.05) is 44.3 Å². The molecule has 2 aliphatic rings. The molecule has 1 unspecified atom stereocenters. The quantitative estimate of drug-likeness (QED) is 0.203. The van der Waals surface area contributed by atoms with Crippen molar-refractivity contribution in [2.45, 2.75) is 32.2 Å². The standard InChI is InChI=1S/C20H34N4O2S.HI/c1-2-21-20(22-8-4-11-26-16-17-6-7-17)23-15-18(19-5-3-14-27-19)24-9-12-25-13-10-24;/h3,5,14,17-18H,2,4,6-13,15-16H2,1H3,(H2,21,22,23);1H. The average Bonchev–Trinajstić information content (AvgIpc) is 3.37.